The second-order valence-corrected chi connectivity index (χ2v) is 3.52. The van der Waals surface area contributed by atoms with Crippen molar-refractivity contribution in [1.82, 2.24) is 0 Å². The SMILES string of the molecule is CC(N)C(O)c1ccc2occc2c1. The van der Waals surface area contributed by atoms with Gasteiger partial charge in [-0.3, -0.25) is 0 Å². The fraction of sp³-hybridized carbons (Fsp3) is 0.273. The Bertz CT molecular complexity index is 434. The standard InChI is InChI=1S/C11H13NO2/c1-7(12)11(13)9-2-3-10-8(6-9)4-5-14-10/h2-7,11,13H,12H2,1H3. The summed E-state index contributed by atoms with van der Waals surface area (Å²) in [5, 5.41) is 10.7. The highest BCUT2D eigenvalue weighted by atomic mass is 16.3. The Hall–Kier alpha value is -1.32. The number of aliphatic hydroxyl groups is 1. The molecular formula is C11H13NO2. The second kappa shape index (κ2) is 3.44. The molecule has 74 valence electrons. The molecule has 0 aliphatic carbocycles. The fourth-order valence-corrected chi connectivity index (χ4v) is 1.47. The molecule has 14 heavy (non-hydrogen) atoms. The van der Waals surface area contributed by atoms with Crippen LogP contribution in [0, 0.1) is 0 Å². The summed E-state index contributed by atoms with van der Waals surface area (Å²) in [4.78, 5) is 0. The van der Waals surface area contributed by atoms with Crippen LogP contribution in [0.25, 0.3) is 11.0 Å². The predicted molar refractivity (Wildman–Crippen MR) is 54.8 cm³/mol. The summed E-state index contributed by atoms with van der Waals surface area (Å²) in [5.41, 5.74) is 7.27. The summed E-state index contributed by atoms with van der Waals surface area (Å²) < 4.78 is 5.20. The minimum Gasteiger partial charge on any atom is -0.464 e. The number of rotatable bonds is 2. The number of benzene rings is 1. The van der Waals surface area contributed by atoms with Crippen LogP contribution in [-0.4, -0.2) is 11.1 Å². The number of nitrogens with two attached hydrogens (primary N) is 1. The molecule has 2 atom stereocenters. The molecule has 0 aliphatic heterocycles. The molecular weight excluding hydrogens is 178 g/mol. The highest BCUT2D eigenvalue weighted by Gasteiger charge is 2.12. The van der Waals surface area contributed by atoms with Gasteiger partial charge >= 0.3 is 0 Å². The molecule has 2 unspecified atom stereocenters. The lowest BCUT2D eigenvalue weighted by Crippen LogP contribution is -2.24. The Labute approximate surface area is 82.1 Å². The van der Waals surface area contributed by atoms with Crippen molar-refractivity contribution in [2.45, 2.75) is 19.1 Å². The molecule has 1 aromatic carbocycles. The van der Waals surface area contributed by atoms with Gasteiger partial charge in [-0.2, -0.15) is 0 Å². The summed E-state index contributed by atoms with van der Waals surface area (Å²) >= 11 is 0. The van der Waals surface area contributed by atoms with E-state index in [0.29, 0.717) is 0 Å². The van der Waals surface area contributed by atoms with Crippen molar-refractivity contribution in [3.63, 3.8) is 0 Å². The van der Waals surface area contributed by atoms with Crippen molar-refractivity contribution in [2.24, 2.45) is 5.73 Å². The molecule has 2 rings (SSSR count). The van der Waals surface area contributed by atoms with Crippen molar-refractivity contribution in [3.8, 4) is 0 Å². The minimum absolute atomic E-state index is 0.264. The fourth-order valence-electron chi connectivity index (χ4n) is 1.47. The Morgan fingerprint density at radius 2 is 2.14 bits per heavy atom. The Balaban J connectivity index is 2.43. The highest BCUT2D eigenvalue weighted by Crippen LogP contribution is 2.22. The molecule has 0 radical (unpaired) electrons. The highest BCUT2D eigenvalue weighted by molar-refractivity contribution is 5.77. The van der Waals surface area contributed by atoms with E-state index in [1.165, 1.54) is 0 Å². The third kappa shape index (κ3) is 1.52. The van der Waals surface area contributed by atoms with Gasteiger partial charge in [-0.1, -0.05) is 6.07 Å². The monoisotopic (exact) mass is 191 g/mol. The number of hydrogen-bond donors (Lipinski definition) is 2. The average Bonchev–Trinajstić information content (AvgIpc) is 2.62. The van der Waals surface area contributed by atoms with E-state index in [4.69, 9.17) is 10.2 Å². The molecule has 0 amide bonds. The number of furan rings is 1. The van der Waals surface area contributed by atoms with Gasteiger partial charge in [-0.05, 0) is 30.7 Å². The lowest BCUT2D eigenvalue weighted by molar-refractivity contribution is 0.153. The summed E-state index contributed by atoms with van der Waals surface area (Å²) in [6, 6.07) is 7.18. The smallest absolute Gasteiger partial charge is 0.133 e. The van der Waals surface area contributed by atoms with Crippen LogP contribution in [0.2, 0.25) is 0 Å². The van der Waals surface area contributed by atoms with E-state index in [1.807, 2.05) is 24.3 Å². The third-order valence-corrected chi connectivity index (χ3v) is 2.32. The maximum atomic E-state index is 9.74. The van der Waals surface area contributed by atoms with Crippen LogP contribution in [0.3, 0.4) is 0 Å². The van der Waals surface area contributed by atoms with E-state index in [2.05, 4.69) is 0 Å². The van der Waals surface area contributed by atoms with Crippen LogP contribution >= 0.6 is 0 Å². The van der Waals surface area contributed by atoms with E-state index in [1.54, 1.807) is 13.2 Å². The molecule has 3 N–H and O–H groups in total. The minimum atomic E-state index is -0.616. The van der Waals surface area contributed by atoms with Crippen LogP contribution in [0.5, 0.6) is 0 Å². The van der Waals surface area contributed by atoms with Gasteiger partial charge < -0.3 is 15.3 Å². The van der Waals surface area contributed by atoms with E-state index >= 15 is 0 Å². The average molecular weight is 191 g/mol. The quantitative estimate of drug-likeness (QED) is 0.761. The lowest BCUT2D eigenvalue weighted by Gasteiger charge is -2.14. The van der Waals surface area contributed by atoms with Gasteiger partial charge in [-0.15, -0.1) is 0 Å². The topological polar surface area (TPSA) is 59.4 Å². The van der Waals surface area contributed by atoms with Crippen LogP contribution in [0.1, 0.15) is 18.6 Å². The van der Waals surface area contributed by atoms with E-state index in [-0.39, 0.29) is 6.04 Å². The van der Waals surface area contributed by atoms with Gasteiger partial charge in [-0.25, -0.2) is 0 Å². The molecule has 1 aromatic heterocycles. The zero-order chi connectivity index (χ0) is 10.1. The molecule has 0 saturated heterocycles. The van der Waals surface area contributed by atoms with Gasteiger partial charge in [0, 0.05) is 11.4 Å². The zero-order valence-corrected chi connectivity index (χ0v) is 7.97. The van der Waals surface area contributed by atoms with E-state index < -0.39 is 6.10 Å². The molecule has 3 heteroatoms. The largest absolute Gasteiger partial charge is 0.464 e. The van der Waals surface area contributed by atoms with Crippen molar-refractivity contribution < 1.29 is 9.52 Å². The van der Waals surface area contributed by atoms with Crippen molar-refractivity contribution in [1.29, 1.82) is 0 Å². The van der Waals surface area contributed by atoms with Crippen LogP contribution in [0.4, 0.5) is 0 Å². The van der Waals surface area contributed by atoms with Crippen LogP contribution < -0.4 is 5.73 Å². The van der Waals surface area contributed by atoms with Crippen LogP contribution in [-0.2, 0) is 0 Å². The predicted octanol–water partition coefficient (Wildman–Crippen LogP) is 1.81. The molecule has 0 fully saturated rings. The van der Waals surface area contributed by atoms with Crippen LogP contribution in [0.15, 0.2) is 34.9 Å². The first-order chi connectivity index (χ1) is 6.68. The maximum Gasteiger partial charge on any atom is 0.133 e. The number of fused-ring (bicyclic) bond motifs is 1. The normalized spacial score (nSPS) is 15.6. The summed E-state index contributed by atoms with van der Waals surface area (Å²) in [5.74, 6) is 0. The Morgan fingerprint density at radius 3 is 2.86 bits per heavy atom. The van der Waals surface area contributed by atoms with Gasteiger partial charge in [0.15, 0.2) is 0 Å². The molecule has 0 bridgehead atoms. The summed E-state index contributed by atoms with van der Waals surface area (Å²) in [6.45, 7) is 1.78. The summed E-state index contributed by atoms with van der Waals surface area (Å²) in [7, 11) is 0. The molecule has 2 aromatic rings. The molecule has 3 nitrogen and oxygen atoms in total. The number of hydrogen-bond acceptors (Lipinski definition) is 3. The second-order valence-electron chi connectivity index (χ2n) is 3.52. The first-order valence-corrected chi connectivity index (χ1v) is 4.59. The third-order valence-electron chi connectivity index (χ3n) is 2.32. The lowest BCUT2D eigenvalue weighted by atomic mass is 10.0. The van der Waals surface area contributed by atoms with Gasteiger partial charge in [0.05, 0.1) is 12.4 Å². The van der Waals surface area contributed by atoms with E-state index in [9.17, 15) is 5.11 Å². The molecule has 0 aliphatic rings. The summed E-state index contributed by atoms with van der Waals surface area (Å²) in [6.07, 6.45) is 1.02. The van der Waals surface area contributed by atoms with Gasteiger partial charge in [0.25, 0.3) is 0 Å². The molecule has 1 heterocycles. The van der Waals surface area contributed by atoms with Crippen molar-refractivity contribution in [2.75, 3.05) is 0 Å². The van der Waals surface area contributed by atoms with Crippen molar-refractivity contribution >= 4 is 11.0 Å². The van der Waals surface area contributed by atoms with Crippen molar-refractivity contribution in [3.05, 3.63) is 36.1 Å². The first kappa shape index (κ1) is 9.24. The Morgan fingerprint density at radius 1 is 1.36 bits per heavy atom. The zero-order valence-electron chi connectivity index (χ0n) is 7.97. The van der Waals surface area contributed by atoms with E-state index in [0.717, 1.165) is 16.5 Å². The van der Waals surface area contributed by atoms with Gasteiger partial charge in [0.2, 0.25) is 0 Å². The number of aliphatic hydroxyl groups excluding tert-OH is 1. The van der Waals surface area contributed by atoms with Gasteiger partial charge in [0.1, 0.15) is 5.58 Å². The molecule has 0 saturated carbocycles. The Kier molecular flexibility index (Phi) is 2.27. The maximum absolute atomic E-state index is 9.74. The first-order valence-electron chi connectivity index (χ1n) is 4.59. The molecule has 0 spiro atoms.